The first-order valence-corrected chi connectivity index (χ1v) is 6.02. The molecule has 0 saturated carbocycles. The third kappa shape index (κ3) is 7.64. The summed E-state index contributed by atoms with van der Waals surface area (Å²) >= 11 is 0. The van der Waals surface area contributed by atoms with E-state index in [1.165, 1.54) is 0 Å². The first kappa shape index (κ1) is 13.2. The van der Waals surface area contributed by atoms with E-state index in [0.717, 1.165) is 39.5 Å². The molecule has 0 amide bonds. The van der Waals surface area contributed by atoms with Crippen molar-refractivity contribution in [2.75, 3.05) is 33.0 Å². The van der Waals surface area contributed by atoms with Crippen LogP contribution < -0.4 is 0 Å². The molecule has 0 bridgehead atoms. The predicted molar refractivity (Wildman–Crippen MR) is 57.5 cm³/mol. The van der Waals surface area contributed by atoms with Gasteiger partial charge in [-0.3, -0.25) is 0 Å². The van der Waals surface area contributed by atoms with E-state index in [0.29, 0.717) is 24.7 Å². The largest absolute Gasteiger partial charge is 0.376 e. The minimum Gasteiger partial charge on any atom is -0.376 e. The number of epoxide rings is 3. The zero-order valence-electron chi connectivity index (χ0n) is 9.79. The summed E-state index contributed by atoms with van der Waals surface area (Å²) < 4.78 is 20.0. The minimum absolute atomic E-state index is 0.316. The summed E-state index contributed by atoms with van der Waals surface area (Å²) in [6, 6.07) is 0. The van der Waals surface area contributed by atoms with E-state index < -0.39 is 6.29 Å². The van der Waals surface area contributed by atoms with Gasteiger partial charge in [-0.15, -0.1) is 0 Å². The van der Waals surface area contributed by atoms with Crippen LogP contribution in [-0.2, 0) is 18.9 Å². The van der Waals surface area contributed by atoms with Crippen molar-refractivity contribution < 1.29 is 29.2 Å². The van der Waals surface area contributed by atoms with Crippen LogP contribution in [0.5, 0.6) is 0 Å². The van der Waals surface area contributed by atoms with Gasteiger partial charge in [-0.05, 0) is 6.42 Å². The zero-order valence-corrected chi connectivity index (χ0v) is 9.79. The average Bonchev–Trinajstić information content (AvgIpc) is 3.15. The van der Waals surface area contributed by atoms with Crippen molar-refractivity contribution in [2.24, 2.45) is 0 Å². The maximum Gasteiger partial charge on any atom is 0.151 e. The highest BCUT2D eigenvalue weighted by Crippen LogP contribution is 2.15. The van der Waals surface area contributed by atoms with Crippen molar-refractivity contribution in [3.8, 4) is 0 Å². The van der Waals surface area contributed by atoms with Crippen molar-refractivity contribution in [3.05, 3.63) is 0 Å². The molecule has 3 saturated heterocycles. The van der Waals surface area contributed by atoms with Gasteiger partial charge in [-0.25, -0.2) is 0 Å². The molecule has 0 aromatic carbocycles. The summed E-state index contributed by atoms with van der Waals surface area (Å²) in [4.78, 5) is 0. The molecule has 0 radical (unpaired) electrons. The van der Waals surface area contributed by atoms with Gasteiger partial charge in [0.05, 0.1) is 39.1 Å². The second-order valence-corrected chi connectivity index (χ2v) is 4.46. The van der Waals surface area contributed by atoms with Crippen molar-refractivity contribution in [2.45, 2.75) is 37.4 Å². The van der Waals surface area contributed by atoms with Gasteiger partial charge < -0.3 is 29.2 Å². The fourth-order valence-electron chi connectivity index (χ4n) is 1.23. The molecule has 0 aliphatic carbocycles. The molecule has 3 rings (SSSR count). The quantitative estimate of drug-likeness (QED) is 0.456. The van der Waals surface area contributed by atoms with Crippen LogP contribution >= 0.6 is 0 Å². The van der Waals surface area contributed by atoms with Crippen LogP contribution in [0.4, 0.5) is 0 Å². The molecular weight excluding hydrogens is 228 g/mol. The SMILES string of the molecule is C(OCC1CO1)C1CO1.OC(O)CCC1CO1. The maximum atomic E-state index is 8.33. The van der Waals surface area contributed by atoms with Gasteiger partial charge in [-0.2, -0.15) is 0 Å². The Morgan fingerprint density at radius 3 is 1.76 bits per heavy atom. The fraction of sp³-hybridized carbons (Fsp3) is 1.00. The van der Waals surface area contributed by atoms with E-state index in [2.05, 4.69) is 0 Å². The monoisotopic (exact) mass is 248 g/mol. The Kier molecular flexibility index (Phi) is 5.15. The van der Waals surface area contributed by atoms with Crippen LogP contribution in [-0.4, -0.2) is 67.8 Å². The highest BCUT2D eigenvalue weighted by molar-refractivity contribution is 4.71. The topological polar surface area (TPSA) is 87.3 Å². The predicted octanol–water partition coefficient (Wildman–Crippen LogP) is -0.723. The fourth-order valence-corrected chi connectivity index (χ4v) is 1.23. The molecule has 3 aliphatic heterocycles. The molecule has 0 aromatic rings. The van der Waals surface area contributed by atoms with Gasteiger partial charge in [0.25, 0.3) is 0 Å². The van der Waals surface area contributed by atoms with Gasteiger partial charge in [-0.1, -0.05) is 0 Å². The lowest BCUT2D eigenvalue weighted by molar-refractivity contribution is -0.0473. The van der Waals surface area contributed by atoms with E-state index in [1.807, 2.05) is 0 Å². The summed E-state index contributed by atoms with van der Waals surface area (Å²) in [5.74, 6) is 0. The van der Waals surface area contributed by atoms with Crippen LogP contribution in [0.1, 0.15) is 12.8 Å². The Morgan fingerprint density at radius 2 is 1.41 bits per heavy atom. The molecular formula is C11H20O6. The molecule has 3 atom stereocenters. The van der Waals surface area contributed by atoms with Gasteiger partial charge in [0.1, 0.15) is 12.2 Å². The Bertz CT molecular complexity index is 196. The number of aliphatic hydroxyl groups excluding tert-OH is 1. The van der Waals surface area contributed by atoms with Crippen LogP contribution in [0, 0.1) is 0 Å². The molecule has 6 nitrogen and oxygen atoms in total. The smallest absolute Gasteiger partial charge is 0.151 e. The zero-order chi connectivity index (χ0) is 12.1. The maximum absolute atomic E-state index is 8.33. The number of rotatable bonds is 7. The average molecular weight is 248 g/mol. The number of hydrogen-bond acceptors (Lipinski definition) is 6. The summed E-state index contributed by atoms with van der Waals surface area (Å²) in [7, 11) is 0. The van der Waals surface area contributed by atoms with E-state index in [9.17, 15) is 0 Å². The van der Waals surface area contributed by atoms with Crippen LogP contribution in [0.2, 0.25) is 0 Å². The first-order chi connectivity index (χ1) is 8.24. The summed E-state index contributed by atoms with van der Waals surface area (Å²) in [6.07, 6.45) is 1.16. The van der Waals surface area contributed by atoms with Crippen LogP contribution in [0.3, 0.4) is 0 Å². The third-order valence-corrected chi connectivity index (χ3v) is 2.56. The molecule has 3 aliphatic rings. The molecule has 6 heteroatoms. The van der Waals surface area contributed by atoms with Gasteiger partial charge in [0.15, 0.2) is 6.29 Å². The lowest BCUT2D eigenvalue weighted by Crippen LogP contribution is -2.06. The highest BCUT2D eigenvalue weighted by Gasteiger charge is 2.26. The van der Waals surface area contributed by atoms with Crippen LogP contribution in [0.25, 0.3) is 0 Å². The molecule has 0 aromatic heterocycles. The van der Waals surface area contributed by atoms with Gasteiger partial charge in [0.2, 0.25) is 0 Å². The molecule has 0 spiro atoms. The Balaban J connectivity index is 0.000000128. The second-order valence-electron chi connectivity index (χ2n) is 4.46. The highest BCUT2D eigenvalue weighted by atomic mass is 16.6. The molecule has 2 N–H and O–H groups in total. The summed E-state index contributed by atoms with van der Waals surface area (Å²) in [5.41, 5.74) is 0. The Hall–Kier alpha value is -0.240. The minimum atomic E-state index is -1.15. The molecule has 3 heterocycles. The van der Waals surface area contributed by atoms with Crippen molar-refractivity contribution >= 4 is 0 Å². The number of hydrogen-bond donors (Lipinski definition) is 2. The standard InChI is InChI=1S/C6H10O3.C5H10O3/c1(5-3-8-5)7-2-6-4-9-6;6-5(7)2-1-4-3-8-4/h5-6H,1-4H2;4-7H,1-3H2. The molecule has 3 fully saturated rings. The van der Waals surface area contributed by atoms with Crippen molar-refractivity contribution in [3.63, 3.8) is 0 Å². The lowest BCUT2D eigenvalue weighted by atomic mass is 10.2. The summed E-state index contributed by atoms with van der Waals surface area (Å²) in [5, 5.41) is 16.7. The number of ether oxygens (including phenoxy) is 4. The molecule has 100 valence electrons. The van der Waals surface area contributed by atoms with E-state index in [1.54, 1.807) is 0 Å². The van der Waals surface area contributed by atoms with E-state index in [4.69, 9.17) is 29.2 Å². The second kappa shape index (κ2) is 6.63. The van der Waals surface area contributed by atoms with Crippen molar-refractivity contribution in [1.82, 2.24) is 0 Å². The Morgan fingerprint density at radius 1 is 0.941 bits per heavy atom. The van der Waals surface area contributed by atoms with E-state index in [-0.39, 0.29) is 0 Å². The Labute approximate surface area is 100 Å². The van der Waals surface area contributed by atoms with Gasteiger partial charge >= 0.3 is 0 Å². The summed E-state index contributed by atoms with van der Waals surface area (Å²) in [6.45, 7) is 4.06. The third-order valence-electron chi connectivity index (χ3n) is 2.56. The first-order valence-electron chi connectivity index (χ1n) is 6.02. The molecule has 17 heavy (non-hydrogen) atoms. The normalized spacial score (nSPS) is 33.0. The van der Waals surface area contributed by atoms with Crippen LogP contribution in [0.15, 0.2) is 0 Å². The van der Waals surface area contributed by atoms with Gasteiger partial charge in [0, 0.05) is 6.42 Å². The van der Waals surface area contributed by atoms with E-state index >= 15 is 0 Å². The number of aliphatic hydroxyl groups is 2. The molecule has 3 unspecified atom stereocenters. The van der Waals surface area contributed by atoms with Crippen molar-refractivity contribution in [1.29, 1.82) is 0 Å². The lowest BCUT2D eigenvalue weighted by Gasteiger charge is -1.97.